The third-order valence-corrected chi connectivity index (χ3v) is 6.67. The van der Waals surface area contributed by atoms with Gasteiger partial charge in [-0.15, -0.1) is 0 Å². The van der Waals surface area contributed by atoms with Gasteiger partial charge in [-0.25, -0.2) is 0 Å². The Morgan fingerprint density at radius 3 is 2.05 bits per heavy atom. The van der Waals surface area contributed by atoms with Crippen LogP contribution in [0.5, 0.6) is 0 Å². The highest BCUT2D eigenvalue weighted by molar-refractivity contribution is 6.33. The standard InChI is InChI=1S/C32H34ClN3O2/c1-25(2)20-36(32(38)29-17-9-10-18-30(29)33)24-31(37)35(22-27-14-7-4-8-15-27)23-28-16-11-19-34(28)21-26-12-5-3-6-13-26/h3-19,25H,20-24H2,1-2H3. The smallest absolute Gasteiger partial charge is 0.255 e. The van der Waals surface area contributed by atoms with E-state index in [0.29, 0.717) is 30.2 Å². The molecule has 1 heterocycles. The predicted octanol–water partition coefficient (Wildman–Crippen LogP) is 6.52. The van der Waals surface area contributed by atoms with Crippen LogP contribution >= 0.6 is 11.6 Å². The van der Waals surface area contributed by atoms with Gasteiger partial charge in [-0.1, -0.05) is 98.2 Å². The first-order chi connectivity index (χ1) is 18.4. The maximum atomic E-state index is 13.8. The molecule has 0 radical (unpaired) electrons. The maximum Gasteiger partial charge on any atom is 0.255 e. The molecule has 0 aliphatic rings. The van der Waals surface area contributed by atoms with Crippen LogP contribution in [0.25, 0.3) is 0 Å². The SMILES string of the molecule is CC(C)CN(CC(=O)N(Cc1ccccc1)Cc1cccn1Cc1ccccc1)C(=O)c1ccccc1Cl. The molecule has 6 heteroatoms. The second-order valence-corrected chi connectivity index (χ2v) is 10.3. The van der Waals surface area contributed by atoms with Crippen molar-refractivity contribution in [2.75, 3.05) is 13.1 Å². The molecule has 5 nitrogen and oxygen atoms in total. The maximum absolute atomic E-state index is 13.8. The van der Waals surface area contributed by atoms with Crippen LogP contribution in [0.3, 0.4) is 0 Å². The Bertz CT molecular complexity index is 1340. The van der Waals surface area contributed by atoms with Gasteiger partial charge in [-0.2, -0.15) is 0 Å². The molecule has 4 aromatic rings. The molecule has 0 unspecified atom stereocenters. The minimum atomic E-state index is -0.232. The number of carbonyl (C=O) groups is 2. The van der Waals surface area contributed by atoms with E-state index in [9.17, 15) is 9.59 Å². The minimum Gasteiger partial charge on any atom is -0.345 e. The molecule has 0 aliphatic heterocycles. The number of nitrogens with zero attached hydrogens (tertiary/aromatic N) is 3. The summed E-state index contributed by atoms with van der Waals surface area (Å²) >= 11 is 6.34. The summed E-state index contributed by atoms with van der Waals surface area (Å²) in [5, 5.41) is 0.388. The van der Waals surface area contributed by atoms with Crippen molar-refractivity contribution in [3.8, 4) is 0 Å². The summed E-state index contributed by atoms with van der Waals surface area (Å²) in [6.45, 7) is 6.12. The van der Waals surface area contributed by atoms with Crippen molar-refractivity contribution < 1.29 is 9.59 Å². The van der Waals surface area contributed by atoms with Crippen LogP contribution in [-0.4, -0.2) is 39.3 Å². The van der Waals surface area contributed by atoms with E-state index in [1.54, 1.807) is 29.2 Å². The van der Waals surface area contributed by atoms with Gasteiger partial charge in [0.1, 0.15) is 6.54 Å². The van der Waals surface area contributed by atoms with Crippen molar-refractivity contribution >= 4 is 23.4 Å². The molecule has 196 valence electrons. The molecule has 38 heavy (non-hydrogen) atoms. The zero-order valence-electron chi connectivity index (χ0n) is 22.0. The third-order valence-electron chi connectivity index (χ3n) is 6.34. The number of halogens is 1. The zero-order valence-corrected chi connectivity index (χ0v) is 22.7. The molecule has 0 aliphatic carbocycles. The number of hydrogen-bond acceptors (Lipinski definition) is 2. The Hall–Kier alpha value is -3.83. The number of hydrogen-bond donors (Lipinski definition) is 0. The molecule has 4 rings (SSSR count). The van der Waals surface area contributed by atoms with Crippen LogP contribution in [-0.2, 0) is 24.4 Å². The number of rotatable bonds is 11. The van der Waals surface area contributed by atoms with E-state index in [0.717, 1.165) is 17.8 Å². The normalized spacial score (nSPS) is 10.9. The fourth-order valence-electron chi connectivity index (χ4n) is 4.49. The lowest BCUT2D eigenvalue weighted by molar-refractivity contribution is -0.133. The molecule has 2 amide bonds. The summed E-state index contributed by atoms with van der Waals surface area (Å²) in [7, 11) is 0. The van der Waals surface area contributed by atoms with Gasteiger partial charge in [0.05, 0.1) is 17.1 Å². The van der Waals surface area contributed by atoms with Crippen LogP contribution in [0, 0.1) is 5.92 Å². The Kier molecular flexibility index (Phi) is 9.39. The quantitative estimate of drug-likeness (QED) is 0.223. The lowest BCUT2D eigenvalue weighted by atomic mass is 10.1. The molecule has 0 N–H and O–H groups in total. The van der Waals surface area contributed by atoms with Gasteiger partial charge in [0.2, 0.25) is 5.91 Å². The van der Waals surface area contributed by atoms with Gasteiger partial charge in [-0.05, 0) is 41.3 Å². The van der Waals surface area contributed by atoms with Gasteiger partial charge in [0.25, 0.3) is 5.91 Å². The summed E-state index contributed by atoms with van der Waals surface area (Å²) in [5.74, 6) is -0.146. The van der Waals surface area contributed by atoms with Gasteiger partial charge in [0, 0.05) is 31.5 Å². The summed E-state index contributed by atoms with van der Waals surface area (Å²) in [6.07, 6.45) is 2.04. The van der Waals surface area contributed by atoms with E-state index in [1.807, 2.05) is 79.5 Å². The number of amides is 2. The summed E-state index contributed by atoms with van der Waals surface area (Å²) < 4.78 is 2.17. The van der Waals surface area contributed by atoms with Gasteiger partial charge in [-0.3, -0.25) is 9.59 Å². The van der Waals surface area contributed by atoms with E-state index < -0.39 is 0 Å². The second kappa shape index (κ2) is 13.1. The summed E-state index contributed by atoms with van der Waals surface area (Å²) in [5.41, 5.74) is 3.68. The molecule has 0 bridgehead atoms. The monoisotopic (exact) mass is 527 g/mol. The molecule has 0 spiro atoms. The van der Waals surface area contributed by atoms with Crippen molar-refractivity contribution in [1.29, 1.82) is 0 Å². The first kappa shape index (κ1) is 27.2. The van der Waals surface area contributed by atoms with Crippen molar-refractivity contribution in [1.82, 2.24) is 14.4 Å². The van der Waals surface area contributed by atoms with E-state index >= 15 is 0 Å². The van der Waals surface area contributed by atoms with Crippen molar-refractivity contribution in [2.45, 2.75) is 33.5 Å². The van der Waals surface area contributed by atoms with Crippen molar-refractivity contribution in [3.63, 3.8) is 0 Å². The Morgan fingerprint density at radius 1 is 0.763 bits per heavy atom. The molecule has 0 saturated heterocycles. The minimum absolute atomic E-state index is 0.0194. The molecule has 0 saturated carbocycles. The van der Waals surface area contributed by atoms with Crippen molar-refractivity contribution in [3.05, 3.63) is 131 Å². The predicted molar refractivity (Wildman–Crippen MR) is 153 cm³/mol. The largest absolute Gasteiger partial charge is 0.345 e. The molecular formula is C32H34ClN3O2. The average Bonchev–Trinajstić information content (AvgIpc) is 3.35. The molecular weight excluding hydrogens is 494 g/mol. The fourth-order valence-corrected chi connectivity index (χ4v) is 4.70. The Morgan fingerprint density at radius 2 is 1.39 bits per heavy atom. The van der Waals surface area contributed by atoms with E-state index in [2.05, 4.69) is 22.8 Å². The zero-order chi connectivity index (χ0) is 26.9. The summed E-state index contributed by atoms with van der Waals surface area (Å²) in [4.78, 5) is 30.8. The molecule has 0 fully saturated rings. The average molecular weight is 528 g/mol. The molecule has 3 aromatic carbocycles. The topological polar surface area (TPSA) is 45.6 Å². The Balaban J connectivity index is 1.58. The lowest BCUT2D eigenvalue weighted by Crippen LogP contribution is -2.44. The number of carbonyl (C=O) groups excluding carboxylic acids is 2. The van der Waals surface area contributed by atoms with Gasteiger partial charge < -0.3 is 14.4 Å². The third kappa shape index (κ3) is 7.36. The lowest BCUT2D eigenvalue weighted by Gasteiger charge is -2.29. The second-order valence-electron chi connectivity index (χ2n) is 9.91. The van der Waals surface area contributed by atoms with Gasteiger partial charge >= 0.3 is 0 Å². The summed E-state index contributed by atoms with van der Waals surface area (Å²) in [6, 6.07) is 31.3. The number of aromatic nitrogens is 1. The highest BCUT2D eigenvalue weighted by Gasteiger charge is 2.25. The first-order valence-electron chi connectivity index (χ1n) is 12.9. The van der Waals surface area contributed by atoms with Crippen molar-refractivity contribution in [2.24, 2.45) is 5.92 Å². The fraction of sp³-hybridized carbons (Fsp3) is 0.250. The van der Waals surface area contributed by atoms with Crippen LogP contribution < -0.4 is 0 Å². The number of benzene rings is 3. The van der Waals surface area contributed by atoms with Crippen LogP contribution in [0.4, 0.5) is 0 Å². The molecule has 0 atom stereocenters. The van der Waals surface area contributed by atoms with E-state index in [-0.39, 0.29) is 24.3 Å². The van der Waals surface area contributed by atoms with E-state index in [1.165, 1.54) is 5.56 Å². The van der Waals surface area contributed by atoms with Crippen LogP contribution in [0.15, 0.2) is 103 Å². The van der Waals surface area contributed by atoms with Crippen LogP contribution in [0.1, 0.15) is 41.0 Å². The highest BCUT2D eigenvalue weighted by atomic mass is 35.5. The molecule has 1 aromatic heterocycles. The van der Waals surface area contributed by atoms with E-state index in [4.69, 9.17) is 11.6 Å². The van der Waals surface area contributed by atoms with Crippen LogP contribution in [0.2, 0.25) is 5.02 Å². The highest BCUT2D eigenvalue weighted by Crippen LogP contribution is 2.19. The van der Waals surface area contributed by atoms with Gasteiger partial charge in [0.15, 0.2) is 0 Å². The first-order valence-corrected chi connectivity index (χ1v) is 13.3. The Labute approximate surface area is 230 Å².